The lowest BCUT2D eigenvalue weighted by Gasteiger charge is -2.32. The van der Waals surface area contributed by atoms with Crippen molar-refractivity contribution in [1.82, 2.24) is 4.90 Å². The van der Waals surface area contributed by atoms with Crippen LogP contribution in [0.2, 0.25) is 0 Å². The monoisotopic (exact) mass is 239 g/mol. The molecule has 0 unspecified atom stereocenters. The molecular weight excluding hydrogens is 218 g/mol. The van der Waals surface area contributed by atoms with Gasteiger partial charge in [-0.3, -0.25) is 0 Å². The second kappa shape index (κ2) is 6.80. The van der Waals surface area contributed by atoms with Crippen LogP contribution in [0.1, 0.15) is 39.5 Å². The molecule has 0 saturated heterocycles. The van der Waals surface area contributed by atoms with Crippen LogP contribution in [0.25, 0.3) is 0 Å². The fraction of sp³-hybridized carbons (Fsp3) is 0.833. The first-order valence-corrected chi connectivity index (χ1v) is 7.19. The molecule has 1 fully saturated rings. The standard InChI is InChI=1S/C12H21N3S/c1-10(2)8-15(11-6-4-5-7-11)12(16-3)14-9-13/h10-11H,4-8H2,1-3H3. The number of nitrogens with zero attached hydrogens (tertiary/aromatic N) is 3. The molecule has 1 aliphatic rings. The second-order valence-corrected chi connectivity index (χ2v) is 5.46. The Morgan fingerprint density at radius 3 is 2.56 bits per heavy atom. The van der Waals surface area contributed by atoms with Crippen molar-refractivity contribution in [1.29, 1.82) is 5.26 Å². The molecule has 0 heterocycles. The molecule has 0 aromatic carbocycles. The van der Waals surface area contributed by atoms with Crippen LogP contribution in [0.15, 0.2) is 4.99 Å². The van der Waals surface area contributed by atoms with Crippen molar-refractivity contribution in [2.45, 2.75) is 45.6 Å². The number of rotatable bonds is 3. The first kappa shape index (κ1) is 13.4. The van der Waals surface area contributed by atoms with E-state index in [1.165, 1.54) is 25.7 Å². The predicted octanol–water partition coefficient (Wildman–Crippen LogP) is 3.09. The van der Waals surface area contributed by atoms with Crippen LogP contribution < -0.4 is 0 Å². The molecule has 1 aliphatic carbocycles. The molecule has 4 heteroatoms. The van der Waals surface area contributed by atoms with Crippen LogP contribution in [0.4, 0.5) is 0 Å². The highest BCUT2D eigenvalue weighted by Gasteiger charge is 2.25. The quantitative estimate of drug-likeness (QED) is 0.431. The van der Waals surface area contributed by atoms with Crippen molar-refractivity contribution in [2.24, 2.45) is 10.9 Å². The molecule has 0 aromatic heterocycles. The Kier molecular flexibility index (Phi) is 5.68. The average molecular weight is 239 g/mol. The van der Waals surface area contributed by atoms with E-state index in [-0.39, 0.29) is 0 Å². The van der Waals surface area contributed by atoms with Gasteiger partial charge in [0.15, 0.2) is 5.17 Å². The van der Waals surface area contributed by atoms with Crippen molar-refractivity contribution >= 4 is 16.9 Å². The molecule has 0 aliphatic heterocycles. The highest BCUT2D eigenvalue weighted by atomic mass is 32.2. The summed E-state index contributed by atoms with van der Waals surface area (Å²) in [4.78, 5) is 6.29. The third-order valence-electron chi connectivity index (χ3n) is 2.90. The normalized spacial score (nSPS) is 17.8. The minimum absolute atomic E-state index is 0.599. The van der Waals surface area contributed by atoms with E-state index in [0.717, 1.165) is 11.7 Å². The van der Waals surface area contributed by atoms with Gasteiger partial charge in [0.1, 0.15) is 0 Å². The zero-order valence-corrected chi connectivity index (χ0v) is 11.3. The molecule has 0 amide bonds. The lowest BCUT2D eigenvalue weighted by molar-refractivity contribution is 0.288. The van der Waals surface area contributed by atoms with Crippen molar-refractivity contribution < 1.29 is 0 Å². The zero-order valence-electron chi connectivity index (χ0n) is 10.4. The molecule has 90 valence electrons. The van der Waals surface area contributed by atoms with E-state index in [0.29, 0.717) is 12.0 Å². The summed E-state index contributed by atoms with van der Waals surface area (Å²) in [5, 5.41) is 9.61. The first-order chi connectivity index (χ1) is 7.69. The van der Waals surface area contributed by atoms with Gasteiger partial charge >= 0.3 is 0 Å². The van der Waals surface area contributed by atoms with E-state index in [9.17, 15) is 0 Å². The maximum Gasteiger partial charge on any atom is 0.208 e. The van der Waals surface area contributed by atoms with E-state index in [2.05, 4.69) is 23.7 Å². The SMILES string of the molecule is CSC(=NC#N)N(CC(C)C)C1CCCC1. The molecule has 0 aromatic rings. The number of hydrogen-bond donors (Lipinski definition) is 0. The molecule has 0 N–H and O–H groups in total. The van der Waals surface area contributed by atoms with Gasteiger partial charge in [0.25, 0.3) is 0 Å². The van der Waals surface area contributed by atoms with Gasteiger partial charge in [-0.25, -0.2) is 0 Å². The summed E-state index contributed by atoms with van der Waals surface area (Å²) in [6.07, 6.45) is 9.04. The zero-order chi connectivity index (χ0) is 12.0. The first-order valence-electron chi connectivity index (χ1n) is 5.96. The van der Waals surface area contributed by atoms with Crippen LogP contribution >= 0.6 is 11.8 Å². The lowest BCUT2D eigenvalue weighted by atomic mass is 10.1. The Balaban J connectivity index is 2.76. The van der Waals surface area contributed by atoms with Gasteiger partial charge in [0.2, 0.25) is 6.19 Å². The molecule has 3 nitrogen and oxygen atoms in total. The highest BCUT2D eigenvalue weighted by Crippen LogP contribution is 2.26. The van der Waals surface area contributed by atoms with Gasteiger partial charge in [-0.15, -0.1) is 4.99 Å². The van der Waals surface area contributed by atoms with Gasteiger partial charge in [-0.1, -0.05) is 38.5 Å². The fourth-order valence-corrected chi connectivity index (χ4v) is 2.85. The lowest BCUT2D eigenvalue weighted by Crippen LogP contribution is -2.39. The minimum Gasteiger partial charge on any atom is -0.347 e. The number of amidine groups is 1. The Bertz CT molecular complexity index is 274. The van der Waals surface area contributed by atoms with Crippen LogP contribution in [-0.2, 0) is 0 Å². The van der Waals surface area contributed by atoms with Crippen LogP contribution in [0.3, 0.4) is 0 Å². The predicted molar refractivity (Wildman–Crippen MR) is 70.4 cm³/mol. The second-order valence-electron chi connectivity index (χ2n) is 4.68. The summed E-state index contributed by atoms with van der Waals surface area (Å²) in [5.74, 6) is 0.608. The number of nitriles is 1. The van der Waals surface area contributed by atoms with E-state index in [1.54, 1.807) is 11.8 Å². The Morgan fingerprint density at radius 1 is 1.50 bits per heavy atom. The number of thioether (sulfide) groups is 1. The Labute approximate surface area is 103 Å². The van der Waals surface area contributed by atoms with Gasteiger partial charge < -0.3 is 4.90 Å². The number of hydrogen-bond acceptors (Lipinski definition) is 3. The smallest absolute Gasteiger partial charge is 0.208 e. The molecule has 0 spiro atoms. The van der Waals surface area contributed by atoms with Crippen LogP contribution in [0, 0.1) is 17.4 Å². The van der Waals surface area contributed by atoms with E-state index < -0.39 is 0 Å². The topological polar surface area (TPSA) is 39.4 Å². The van der Waals surface area contributed by atoms with Crippen molar-refractivity contribution in [3.63, 3.8) is 0 Å². The Morgan fingerprint density at radius 2 is 2.12 bits per heavy atom. The molecule has 0 radical (unpaired) electrons. The molecular formula is C12H21N3S. The van der Waals surface area contributed by atoms with Crippen molar-refractivity contribution in [3.8, 4) is 6.19 Å². The maximum atomic E-state index is 8.72. The molecule has 1 saturated carbocycles. The summed E-state index contributed by atoms with van der Waals surface area (Å²) in [6.45, 7) is 5.44. The molecule has 16 heavy (non-hydrogen) atoms. The van der Waals surface area contributed by atoms with Crippen LogP contribution in [-0.4, -0.2) is 28.9 Å². The van der Waals surface area contributed by atoms with E-state index in [4.69, 9.17) is 5.26 Å². The average Bonchev–Trinajstić information content (AvgIpc) is 2.76. The van der Waals surface area contributed by atoms with E-state index >= 15 is 0 Å². The largest absolute Gasteiger partial charge is 0.347 e. The maximum absolute atomic E-state index is 8.72. The van der Waals surface area contributed by atoms with Crippen molar-refractivity contribution in [3.05, 3.63) is 0 Å². The molecule has 0 atom stereocenters. The summed E-state index contributed by atoms with van der Waals surface area (Å²) >= 11 is 1.58. The summed E-state index contributed by atoms with van der Waals surface area (Å²) < 4.78 is 0. The summed E-state index contributed by atoms with van der Waals surface area (Å²) in [6, 6.07) is 0.599. The summed E-state index contributed by atoms with van der Waals surface area (Å²) in [5.41, 5.74) is 0. The van der Waals surface area contributed by atoms with Gasteiger partial charge in [-0.2, -0.15) is 5.26 Å². The highest BCUT2D eigenvalue weighted by molar-refractivity contribution is 8.13. The van der Waals surface area contributed by atoms with Gasteiger partial charge in [0.05, 0.1) is 0 Å². The number of aliphatic imine (C=N–C) groups is 1. The third kappa shape index (κ3) is 3.71. The molecule has 0 bridgehead atoms. The van der Waals surface area contributed by atoms with Gasteiger partial charge in [0, 0.05) is 12.6 Å². The fourth-order valence-electron chi connectivity index (χ4n) is 2.26. The summed E-state index contributed by atoms with van der Waals surface area (Å²) in [7, 11) is 0. The van der Waals surface area contributed by atoms with Crippen LogP contribution in [0.5, 0.6) is 0 Å². The molecule has 1 rings (SSSR count). The minimum atomic E-state index is 0.599. The van der Waals surface area contributed by atoms with Crippen molar-refractivity contribution in [2.75, 3.05) is 12.8 Å². The third-order valence-corrected chi connectivity index (χ3v) is 3.59. The van der Waals surface area contributed by atoms with Gasteiger partial charge in [-0.05, 0) is 25.0 Å². The Hall–Kier alpha value is -0.690. The van der Waals surface area contributed by atoms with E-state index in [1.807, 2.05) is 12.4 Å².